The number of nitrogens with one attached hydrogen (secondary N) is 2. The van der Waals surface area contributed by atoms with Crippen molar-refractivity contribution in [2.45, 2.75) is 19.5 Å². The minimum atomic E-state index is -4.86. The minimum absolute atomic E-state index is 0.0249. The minimum Gasteiger partial charge on any atom is -0.462 e. The first kappa shape index (κ1) is 23.7. The van der Waals surface area contributed by atoms with Crippen LogP contribution in [0.5, 0.6) is 0 Å². The molecule has 0 radical (unpaired) electrons. The molecule has 0 aliphatic heterocycles. The summed E-state index contributed by atoms with van der Waals surface area (Å²) in [4.78, 5) is 39.4. The maximum Gasteiger partial charge on any atom is 0.434 e. The number of alkyl halides is 3. The zero-order valence-corrected chi connectivity index (χ0v) is 18.3. The van der Waals surface area contributed by atoms with Crippen molar-refractivity contribution in [1.82, 2.24) is 14.8 Å². The summed E-state index contributed by atoms with van der Waals surface area (Å²) in [6, 6.07) is 14.2. The van der Waals surface area contributed by atoms with Gasteiger partial charge in [-0.1, -0.05) is 18.2 Å². The Kier molecular flexibility index (Phi) is 6.41. The normalized spacial score (nSPS) is 11.4. The summed E-state index contributed by atoms with van der Waals surface area (Å²) in [5.41, 5.74) is -1.08. The number of H-pyrrole nitrogens is 1. The number of halogens is 3. The highest BCUT2D eigenvalue weighted by molar-refractivity contribution is 5.93. The second-order valence-corrected chi connectivity index (χ2v) is 7.52. The van der Waals surface area contributed by atoms with E-state index in [4.69, 9.17) is 4.74 Å². The highest BCUT2D eigenvalue weighted by Crippen LogP contribution is 2.34. The number of benzene rings is 2. The standard InChI is InChI=1S/C24H19F3N4O4/c1-2-35-23(34)18-13-28-31(21(18)24(25,26)27)17-9-7-16(8-10-17)29-20(32)12-15-11-14-5-3-4-6-19(14)30-22(15)33/h3-11,13H,2,12H2,1H3,(H,29,32)(H,30,33). The first-order chi connectivity index (χ1) is 16.7. The van der Waals surface area contributed by atoms with Crippen molar-refractivity contribution in [2.75, 3.05) is 11.9 Å². The van der Waals surface area contributed by atoms with Gasteiger partial charge in [-0.05, 0) is 48.7 Å². The van der Waals surface area contributed by atoms with Crippen molar-refractivity contribution in [1.29, 1.82) is 0 Å². The highest BCUT2D eigenvalue weighted by atomic mass is 19.4. The monoisotopic (exact) mass is 484 g/mol. The van der Waals surface area contributed by atoms with Crippen LogP contribution in [0.2, 0.25) is 0 Å². The van der Waals surface area contributed by atoms with Gasteiger partial charge in [-0.2, -0.15) is 18.3 Å². The molecule has 4 aromatic rings. The molecule has 35 heavy (non-hydrogen) atoms. The van der Waals surface area contributed by atoms with Crippen LogP contribution in [0.25, 0.3) is 16.6 Å². The zero-order valence-electron chi connectivity index (χ0n) is 18.3. The third-order valence-electron chi connectivity index (χ3n) is 5.11. The third-order valence-corrected chi connectivity index (χ3v) is 5.11. The van der Waals surface area contributed by atoms with Crippen LogP contribution in [0.3, 0.4) is 0 Å². The van der Waals surface area contributed by atoms with Gasteiger partial charge in [0.05, 0.1) is 24.9 Å². The number of pyridine rings is 1. The van der Waals surface area contributed by atoms with Crippen LogP contribution in [0, 0.1) is 0 Å². The molecule has 0 spiro atoms. The fourth-order valence-corrected chi connectivity index (χ4v) is 3.56. The molecule has 2 heterocycles. The topological polar surface area (TPSA) is 106 Å². The van der Waals surface area contributed by atoms with E-state index < -0.39 is 29.3 Å². The Morgan fingerprint density at radius 3 is 2.51 bits per heavy atom. The number of ether oxygens (including phenoxy) is 1. The number of hydrogen-bond donors (Lipinski definition) is 2. The lowest BCUT2D eigenvalue weighted by molar-refractivity contribution is -0.143. The van der Waals surface area contributed by atoms with Crippen LogP contribution in [0.15, 0.2) is 65.6 Å². The molecule has 2 N–H and O–H groups in total. The first-order valence-corrected chi connectivity index (χ1v) is 10.5. The summed E-state index contributed by atoms with van der Waals surface area (Å²) in [6.07, 6.45) is -4.25. The number of esters is 1. The van der Waals surface area contributed by atoms with E-state index in [0.29, 0.717) is 15.9 Å². The molecule has 4 rings (SSSR count). The van der Waals surface area contributed by atoms with Gasteiger partial charge in [0.1, 0.15) is 5.56 Å². The average Bonchev–Trinajstić information content (AvgIpc) is 3.26. The lowest BCUT2D eigenvalue weighted by atomic mass is 10.1. The molecule has 2 aromatic heterocycles. The summed E-state index contributed by atoms with van der Waals surface area (Å²) in [7, 11) is 0. The molecular weight excluding hydrogens is 465 g/mol. The van der Waals surface area contributed by atoms with Gasteiger partial charge in [0.2, 0.25) is 5.91 Å². The maximum atomic E-state index is 13.7. The van der Waals surface area contributed by atoms with Crippen LogP contribution in [0.1, 0.15) is 28.5 Å². The van der Waals surface area contributed by atoms with E-state index in [-0.39, 0.29) is 29.8 Å². The van der Waals surface area contributed by atoms with Gasteiger partial charge < -0.3 is 15.0 Å². The third kappa shape index (κ3) is 5.08. The van der Waals surface area contributed by atoms with Crippen molar-refractivity contribution in [3.05, 3.63) is 88.0 Å². The molecule has 0 aliphatic carbocycles. The molecular formula is C24H19F3N4O4. The molecule has 180 valence electrons. The number of aromatic amines is 1. The van der Waals surface area contributed by atoms with Crippen molar-refractivity contribution in [3.63, 3.8) is 0 Å². The Morgan fingerprint density at radius 1 is 1.11 bits per heavy atom. The molecule has 0 aliphatic rings. The van der Waals surface area contributed by atoms with Crippen LogP contribution in [-0.2, 0) is 22.1 Å². The van der Waals surface area contributed by atoms with E-state index in [1.165, 1.54) is 31.2 Å². The Morgan fingerprint density at radius 2 is 1.83 bits per heavy atom. The van der Waals surface area contributed by atoms with E-state index in [0.717, 1.165) is 11.6 Å². The number of amides is 1. The van der Waals surface area contributed by atoms with E-state index in [1.54, 1.807) is 18.2 Å². The van der Waals surface area contributed by atoms with Crippen LogP contribution in [-0.4, -0.2) is 33.2 Å². The van der Waals surface area contributed by atoms with Gasteiger partial charge in [0.15, 0.2) is 5.69 Å². The second-order valence-electron chi connectivity index (χ2n) is 7.52. The number of fused-ring (bicyclic) bond motifs is 1. The number of carbonyl (C=O) groups is 2. The number of hydrogen-bond acceptors (Lipinski definition) is 5. The molecule has 0 fully saturated rings. The Labute approximate surface area is 196 Å². The second kappa shape index (κ2) is 9.45. The summed E-state index contributed by atoms with van der Waals surface area (Å²) in [6.45, 7) is 1.40. The predicted octanol–water partition coefficient (Wildman–Crippen LogP) is 4.09. The van der Waals surface area contributed by atoms with E-state index in [2.05, 4.69) is 15.4 Å². The maximum absolute atomic E-state index is 13.7. The van der Waals surface area contributed by atoms with Gasteiger partial charge in [0.25, 0.3) is 5.56 Å². The molecule has 0 atom stereocenters. The largest absolute Gasteiger partial charge is 0.462 e. The van der Waals surface area contributed by atoms with Gasteiger partial charge in [-0.15, -0.1) is 0 Å². The Balaban J connectivity index is 1.53. The van der Waals surface area contributed by atoms with Gasteiger partial charge >= 0.3 is 12.1 Å². The van der Waals surface area contributed by atoms with Crippen molar-refractivity contribution >= 4 is 28.5 Å². The SMILES string of the molecule is CCOC(=O)c1cnn(-c2ccc(NC(=O)Cc3cc4ccccc4[nH]c3=O)cc2)c1C(F)(F)F. The number of para-hydroxylation sites is 1. The number of aromatic nitrogens is 3. The van der Waals surface area contributed by atoms with Crippen molar-refractivity contribution < 1.29 is 27.5 Å². The van der Waals surface area contributed by atoms with E-state index in [1.807, 2.05) is 12.1 Å². The van der Waals surface area contributed by atoms with Crippen LogP contribution in [0.4, 0.5) is 18.9 Å². The molecule has 1 amide bonds. The Hall–Kier alpha value is -4.41. The molecule has 2 aromatic carbocycles. The number of nitrogens with zero attached hydrogens (tertiary/aromatic N) is 2. The van der Waals surface area contributed by atoms with Crippen LogP contribution < -0.4 is 10.9 Å². The summed E-state index contributed by atoms with van der Waals surface area (Å²) >= 11 is 0. The smallest absolute Gasteiger partial charge is 0.434 e. The summed E-state index contributed by atoms with van der Waals surface area (Å²) in [5.74, 6) is -1.60. The van der Waals surface area contributed by atoms with E-state index in [9.17, 15) is 27.6 Å². The number of carbonyl (C=O) groups excluding carboxylic acids is 2. The first-order valence-electron chi connectivity index (χ1n) is 10.5. The van der Waals surface area contributed by atoms with Crippen molar-refractivity contribution in [3.8, 4) is 5.69 Å². The van der Waals surface area contributed by atoms with Crippen molar-refractivity contribution in [2.24, 2.45) is 0 Å². The zero-order chi connectivity index (χ0) is 25.2. The fraction of sp³-hybridized carbons (Fsp3) is 0.167. The Bertz CT molecular complexity index is 1460. The van der Waals surface area contributed by atoms with Crippen LogP contribution >= 0.6 is 0 Å². The molecule has 0 unspecified atom stereocenters. The average molecular weight is 484 g/mol. The summed E-state index contributed by atoms with van der Waals surface area (Å²) in [5, 5.41) is 7.10. The predicted molar refractivity (Wildman–Crippen MR) is 121 cm³/mol. The van der Waals surface area contributed by atoms with Gasteiger partial charge in [-0.25, -0.2) is 9.48 Å². The molecule has 11 heteroatoms. The summed E-state index contributed by atoms with van der Waals surface area (Å²) < 4.78 is 46.3. The van der Waals surface area contributed by atoms with E-state index >= 15 is 0 Å². The highest BCUT2D eigenvalue weighted by Gasteiger charge is 2.41. The van der Waals surface area contributed by atoms with Gasteiger partial charge in [0, 0.05) is 16.8 Å². The lowest BCUT2D eigenvalue weighted by Gasteiger charge is -2.13. The lowest BCUT2D eigenvalue weighted by Crippen LogP contribution is -2.21. The molecule has 0 saturated heterocycles. The van der Waals surface area contributed by atoms with Gasteiger partial charge in [-0.3, -0.25) is 9.59 Å². The fourth-order valence-electron chi connectivity index (χ4n) is 3.56. The number of anilines is 1. The number of rotatable bonds is 6. The molecule has 8 nitrogen and oxygen atoms in total. The quantitative estimate of drug-likeness (QED) is 0.401. The molecule has 0 bridgehead atoms. The molecule has 0 saturated carbocycles.